The van der Waals surface area contributed by atoms with E-state index >= 15 is 0 Å². The van der Waals surface area contributed by atoms with Gasteiger partial charge >= 0.3 is 6.03 Å². The number of nitrogens with one attached hydrogen (secondary N) is 2. The van der Waals surface area contributed by atoms with Gasteiger partial charge in [0, 0.05) is 31.1 Å². The minimum atomic E-state index is -0.252. The lowest BCUT2D eigenvalue weighted by atomic mass is 9.87. The van der Waals surface area contributed by atoms with E-state index in [4.69, 9.17) is 4.74 Å². The van der Waals surface area contributed by atoms with Crippen molar-refractivity contribution in [3.8, 4) is 11.6 Å². The Kier molecular flexibility index (Phi) is 7.81. The summed E-state index contributed by atoms with van der Waals surface area (Å²) in [4.78, 5) is 31.4. The van der Waals surface area contributed by atoms with Gasteiger partial charge in [0.2, 0.25) is 11.8 Å². The Morgan fingerprint density at radius 2 is 1.85 bits per heavy atom. The molecule has 4 rings (SSSR count). The van der Waals surface area contributed by atoms with E-state index in [0.717, 1.165) is 37.9 Å². The monoisotopic (exact) mass is 450 g/mol. The largest absolute Gasteiger partial charge is 0.439 e. The van der Waals surface area contributed by atoms with Gasteiger partial charge in [-0.2, -0.15) is 0 Å². The molecule has 2 aromatic rings. The van der Waals surface area contributed by atoms with Gasteiger partial charge < -0.3 is 20.3 Å². The molecule has 176 valence electrons. The molecule has 0 spiro atoms. The molecule has 1 saturated heterocycles. The number of pyridine rings is 1. The number of likely N-dealkylation sites (tertiary alicyclic amines) is 1. The SMILES string of the molecule is CCc1cccc(Oc2ccc(NC(=O)NC3CCN(C(=O)C4CCCCC4)CC3)cn2)c1. The number of hydrogen-bond acceptors (Lipinski definition) is 4. The smallest absolute Gasteiger partial charge is 0.319 e. The summed E-state index contributed by atoms with van der Waals surface area (Å²) in [5.74, 6) is 1.74. The van der Waals surface area contributed by atoms with Gasteiger partial charge in [-0.3, -0.25) is 4.79 Å². The summed E-state index contributed by atoms with van der Waals surface area (Å²) < 4.78 is 5.80. The second kappa shape index (κ2) is 11.2. The van der Waals surface area contributed by atoms with Crippen LogP contribution in [0.3, 0.4) is 0 Å². The number of carbonyl (C=O) groups excluding carboxylic acids is 2. The molecule has 2 aliphatic rings. The van der Waals surface area contributed by atoms with E-state index in [2.05, 4.69) is 28.6 Å². The Balaban J connectivity index is 1.21. The molecular weight excluding hydrogens is 416 g/mol. The second-order valence-corrected chi connectivity index (χ2v) is 9.02. The van der Waals surface area contributed by atoms with Gasteiger partial charge in [0.25, 0.3) is 0 Å². The number of anilines is 1. The number of aryl methyl sites for hydroxylation is 1. The zero-order chi connectivity index (χ0) is 23.0. The summed E-state index contributed by atoms with van der Waals surface area (Å²) in [5.41, 5.74) is 1.80. The van der Waals surface area contributed by atoms with E-state index in [-0.39, 0.29) is 18.0 Å². The summed E-state index contributed by atoms with van der Waals surface area (Å²) in [6.07, 6.45) is 9.75. The topological polar surface area (TPSA) is 83.6 Å². The molecule has 1 aliphatic carbocycles. The zero-order valence-corrected chi connectivity index (χ0v) is 19.4. The first-order valence-corrected chi connectivity index (χ1v) is 12.2. The number of benzene rings is 1. The molecule has 7 nitrogen and oxygen atoms in total. The number of carbonyl (C=O) groups is 2. The third kappa shape index (κ3) is 6.46. The van der Waals surface area contributed by atoms with Gasteiger partial charge in [0.05, 0.1) is 11.9 Å². The molecule has 3 amide bonds. The van der Waals surface area contributed by atoms with Gasteiger partial charge in [0.15, 0.2) is 0 Å². The number of nitrogens with zero attached hydrogens (tertiary/aromatic N) is 2. The Morgan fingerprint density at radius 3 is 2.55 bits per heavy atom. The van der Waals surface area contributed by atoms with Gasteiger partial charge in [-0.05, 0) is 55.9 Å². The van der Waals surface area contributed by atoms with Crippen molar-refractivity contribution in [1.29, 1.82) is 0 Å². The summed E-state index contributed by atoms with van der Waals surface area (Å²) in [5, 5.41) is 5.86. The van der Waals surface area contributed by atoms with E-state index in [9.17, 15) is 9.59 Å². The molecule has 0 bridgehead atoms. The maximum absolute atomic E-state index is 12.7. The molecule has 33 heavy (non-hydrogen) atoms. The molecule has 2 heterocycles. The summed E-state index contributed by atoms with van der Waals surface area (Å²) >= 11 is 0. The standard InChI is InChI=1S/C26H34N4O3/c1-2-19-7-6-10-23(17-19)33-24-12-11-22(18-27-24)29-26(32)28-21-13-15-30(16-14-21)25(31)20-8-4-3-5-9-20/h6-7,10-12,17-18,20-21H,2-5,8-9,13-16H2,1H3,(H2,28,29,32). The highest BCUT2D eigenvalue weighted by atomic mass is 16.5. The number of hydrogen-bond donors (Lipinski definition) is 2. The van der Waals surface area contributed by atoms with Crippen molar-refractivity contribution >= 4 is 17.6 Å². The highest BCUT2D eigenvalue weighted by Gasteiger charge is 2.29. The Bertz CT molecular complexity index is 933. The first kappa shape index (κ1) is 23.1. The van der Waals surface area contributed by atoms with Crippen LogP contribution in [0.4, 0.5) is 10.5 Å². The van der Waals surface area contributed by atoms with Crippen molar-refractivity contribution < 1.29 is 14.3 Å². The summed E-state index contributed by atoms with van der Waals surface area (Å²) in [6, 6.07) is 11.2. The zero-order valence-electron chi connectivity index (χ0n) is 19.4. The van der Waals surface area contributed by atoms with Crippen LogP contribution in [0, 0.1) is 5.92 Å². The van der Waals surface area contributed by atoms with Crippen LogP contribution in [-0.4, -0.2) is 41.0 Å². The first-order valence-electron chi connectivity index (χ1n) is 12.2. The van der Waals surface area contributed by atoms with Crippen molar-refractivity contribution in [2.24, 2.45) is 5.92 Å². The quantitative estimate of drug-likeness (QED) is 0.639. The third-order valence-electron chi connectivity index (χ3n) is 6.62. The lowest BCUT2D eigenvalue weighted by molar-refractivity contribution is -0.137. The Hall–Kier alpha value is -3.09. The number of rotatable bonds is 6. The minimum Gasteiger partial charge on any atom is -0.439 e. The number of aromatic nitrogens is 1. The number of ether oxygens (including phenoxy) is 1. The minimum absolute atomic E-state index is 0.0711. The molecule has 7 heteroatoms. The van der Waals surface area contributed by atoms with Gasteiger partial charge in [-0.25, -0.2) is 9.78 Å². The van der Waals surface area contributed by atoms with Crippen LogP contribution in [0.1, 0.15) is 57.4 Å². The van der Waals surface area contributed by atoms with Crippen molar-refractivity contribution in [2.45, 2.75) is 64.3 Å². The molecule has 2 N–H and O–H groups in total. The van der Waals surface area contributed by atoms with E-state index in [1.54, 1.807) is 18.3 Å². The molecule has 0 atom stereocenters. The normalized spacial score (nSPS) is 17.4. The predicted molar refractivity (Wildman–Crippen MR) is 128 cm³/mol. The molecule has 1 aromatic heterocycles. The first-order chi connectivity index (χ1) is 16.1. The fraction of sp³-hybridized carbons (Fsp3) is 0.500. The van der Waals surface area contributed by atoms with E-state index in [1.165, 1.54) is 24.8 Å². The van der Waals surface area contributed by atoms with Crippen LogP contribution in [0.25, 0.3) is 0 Å². The number of piperidine rings is 1. The van der Waals surface area contributed by atoms with Crippen molar-refractivity contribution in [1.82, 2.24) is 15.2 Å². The highest BCUT2D eigenvalue weighted by Crippen LogP contribution is 2.27. The fourth-order valence-electron chi connectivity index (χ4n) is 4.67. The lowest BCUT2D eigenvalue weighted by Gasteiger charge is -2.35. The summed E-state index contributed by atoms with van der Waals surface area (Å²) in [6.45, 7) is 3.53. The Morgan fingerprint density at radius 1 is 1.06 bits per heavy atom. The Labute approximate surface area is 195 Å². The molecule has 1 aliphatic heterocycles. The van der Waals surface area contributed by atoms with Crippen molar-refractivity contribution in [3.63, 3.8) is 0 Å². The average molecular weight is 451 g/mol. The van der Waals surface area contributed by atoms with Crippen molar-refractivity contribution in [3.05, 3.63) is 48.2 Å². The molecule has 1 saturated carbocycles. The van der Waals surface area contributed by atoms with Gasteiger partial charge in [-0.1, -0.05) is 38.3 Å². The van der Waals surface area contributed by atoms with Crippen molar-refractivity contribution in [2.75, 3.05) is 18.4 Å². The van der Waals surface area contributed by atoms with Crippen LogP contribution in [0.2, 0.25) is 0 Å². The van der Waals surface area contributed by atoms with Gasteiger partial charge in [0.1, 0.15) is 5.75 Å². The number of urea groups is 1. The predicted octanol–water partition coefficient (Wildman–Crippen LogP) is 5.13. The third-order valence-corrected chi connectivity index (χ3v) is 6.62. The molecule has 2 fully saturated rings. The van der Waals surface area contributed by atoms with Gasteiger partial charge in [-0.15, -0.1) is 0 Å². The lowest BCUT2D eigenvalue weighted by Crippen LogP contribution is -2.49. The van der Waals surface area contributed by atoms with E-state index < -0.39 is 0 Å². The molecule has 0 unspecified atom stereocenters. The maximum Gasteiger partial charge on any atom is 0.319 e. The van der Waals surface area contributed by atoms with Crippen LogP contribution >= 0.6 is 0 Å². The van der Waals surface area contributed by atoms with E-state index in [1.807, 2.05) is 23.1 Å². The van der Waals surface area contributed by atoms with Crippen LogP contribution < -0.4 is 15.4 Å². The molecular formula is C26H34N4O3. The highest BCUT2D eigenvalue weighted by molar-refractivity contribution is 5.89. The van der Waals surface area contributed by atoms with E-state index in [0.29, 0.717) is 30.6 Å². The summed E-state index contributed by atoms with van der Waals surface area (Å²) in [7, 11) is 0. The van der Waals surface area contributed by atoms with Crippen LogP contribution in [0.5, 0.6) is 11.6 Å². The number of amides is 3. The molecule has 0 radical (unpaired) electrons. The van der Waals surface area contributed by atoms with Crippen LogP contribution in [0.15, 0.2) is 42.6 Å². The second-order valence-electron chi connectivity index (χ2n) is 9.02. The average Bonchev–Trinajstić information content (AvgIpc) is 2.86. The maximum atomic E-state index is 12.7. The van der Waals surface area contributed by atoms with Crippen LogP contribution in [-0.2, 0) is 11.2 Å². The fourth-order valence-corrected chi connectivity index (χ4v) is 4.67. The molecule has 1 aromatic carbocycles.